The van der Waals surface area contributed by atoms with Gasteiger partial charge in [-0.2, -0.15) is 5.10 Å². The number of nitrogens with one attached hydrogen (secondary N) is 1. The third-order valence-electron chi connectivity index (χ3n) is 7.01. The van der Waals surface area contributed by atoms with Crippen molar-refractivity contribution in [2.45, 2.75) is 31.1 Å². The summed E-state index contributed by atoms with van der Waals surface area (Å²) < 4.78 is 29.1. The molecule has 0 bridgehead atoms. The Kier molecular flexibility index (Phi) is 8.62. The van der Waals surface area contributed by atoms with Crippen LogP contribution in [0.4, 0.5) is 8.78 Å². The molecule has 5 aromatic rings. The molecule has 0 saturated carbocycles. The van der Waals surface area contributed by atoms with Gasteiger partial charge in [0.1, 0.15) is 11.6 Å². The summed E-state index contributed by atoms with van der Waals surface area (Å²) in [6.07, 6.45) is 0.511. The predicted octanol–water partition coefficient (Wildman–Crippen LogP) is 6.32. The first-order valence-corrected chi connectivity index (χ1v) is 15.6. The van der Waals surface area contributed by atoms with Crippen molar-refractivity contribution < 1.29 is 18.4 Å². The first-order valence-electron chi connectivity index (χ1n) is 13.7. The fourth-order valence-electron chi connectivity index (χ4n) is 4.89. The third kappa shape index (κ3) is 6.46. The number of nitrogens with zero attached hydrogens (tertiary/aromatic N) is 5. The van der Waals surface area contributed by atoms with Crippen molar-refractivity contribution >= 4 is 40.6 Å². The molecule has 0 radical (unpaired) electrons. The van der Waals surface area contributed by atoms with Gasteiger partial charge in [-0.3, -0.25) is 14.2 Å². The summed E-state index contributed by atoms with van der Waals surface area (Å²) in [5.41, 5.74) is 3.55. The van der Waals surface area contributed by atoms with Gasteiger partial charge < -0.3 is 5.32 Å². The maximum atomic E-state index is 13.7. The second-order valence-electron chi connectivity index (χ2n) is 10.1. The second kappa shape index (κ2) is 12.9. The Morgan fingerprint density at radius 1 is 0.977 bits per heavy atom. The van der Waals surface area contributed by atoms with E-state index in [0.29, 0.717) is 17.4 Å². The molecular formula is C32H26F2N6O2S2. The fraction of sp³-hybridized carbons (Fsp3) is 0.156. The molecule has 0 saturated heterocycles. The number of hydrazone groups is 1. The summed E-state index contributed by atoms with van der Waals surface area (Å²) in [5, 5.41) is 20.0. The fourth-order valence-corrected chi connectivity index (χ4v) is 6.44. The van der Waals surface area contributed by atoms with E-state index in [1.54, 1.807) is 28.0 Å². The van der Waals surface area contributed by atoms with E-state index in [2.05, 4.69) is 15.5 Å². The van der Waals surface area contributed by atoms with E-state index in [1.165, 1.54) is 47.1 Å². The normalized spacial score (nSPS) is 14.5. The van der Waals surface area contributed by atoms with Gasteiger partial charge in [-0.05, 0) is 72.0 Å². The van der Waals surface area contributed by atoms with E-state index in [4.69, 9.17) is 5.10 Å². The lowest BCUT2D eigenvalue weighted by Crippen LogP contribution is -2.28. The third-order valence-corrected chi connectivity index (χ3v) is 8.84. The first kappa shape index (κ1) is 29.4. The van der Waals surface area contributed by atoms with Crippen molar-refractivity contribution in [1.29, 1.82) is 0 Å². The van der Waals surface area contributed by atoms with Gasteiger partial charge in [0, 0.05) is 17.7 Å². The number of amides is 2. The number of carbonyl (C=O) groups is 2. The monoisotopic (exact) mass is 628 g/mol. The number of rotatable bonds is 9. The molecular weight excluding hydrogens is 603 g/mol. The van der Waals surface area contributed by atoms with Crippen LogP contribution in [-0.4, -0.2) is 43.1 Å². The van der Waals surface area contributed by atoms with Gasteiger partial charge >= 0.3 is 0 Å². The van der Waals surface area contributed by atoms with E-state index >= 15 is 0 Å². The molecule has 2 amide bonds. The van der Waals surface area contributed by atoms with Gasteiger partial charge in [0.25, 0.3) is 11.8 Å². The molecule has 8 nitrogen and oxygen atoms in total. The largest absolute Gasteiger partial charge is 0.345 e. The number of thiophene rings is 1. The highest BCUT2D eigenvalue weighted by molar-refractivity contribution is 7.99. The van der Waals surface area contributed by atoms with Gasteiger partial charge in [-0.15, -0.1) is 21.5 Å². The van der Waals surface area contributed by atoms with Crippen LogP contribution in [-0.2, 0) is 11.3 Å². The minimum absolute atomic E-state index is 0.0124. The number of benzene rings is 3. The Balaban J connectivity index is 1.24. The van der Waals surface area contributed by atoms with Crippen LogP contribution in [0.25, 0.3) is 5.69 Å². The van der Waals surface area contributed by atoms with Gasteiger partial charge in [-0.25, -0.2) is 13.8 Å². The Bertz CT molecular complexity index is 1840. The molecule has 0 spiro atoms. The highest BCUT2D eigenvalue weighted by atomic mass is 32.2. The van der Waals surface area contributed by atoms with E-state index in [0.717, 1.165) is 33.5 Å². The zero-order valence-electron chi connectivity index (χ0n) is 23.5. The van der Waals surface area contributed by atoms with Gasteiger partial charge in [0.05, 0.1) is 28.9 Å². The number of aromatic nitrogens is 3. The van der Waals surface area contributed by atoms with Crippen LogP contribution < -0.4 is 5.32 Å². The minimum atomic E-state index is -0.504. The average molecular weight is 629 g/mol. The standard InChI is InChI=1S/C32H26F2N6O2S2/c1-20-5-2-8-25(15-20)39-29(18-35-31(42)22-6-3-7-24(34)16-22)36-37-32(39)44-19-30(41)40-27(21-10-12-23(33)13-11-21)17-26(38-40)28-9-4-14-43-28/h2-16,27H,17-19H2,1H3,(H,35,42). The van der Waals surface area contributed by atoms with Crippen LogP contribution in [0.15, 0.2) is 101 Å². The average Bonchev–Trinajstić information content (AvgIpc) is 3.79. The number of thioether (sulfide) groups is 1. The van der Waals surface area contributed by atoms with Gasteiger partial charge in [0.2, 0.25) is 0 Å². The summed E-state index contributed by atoms with van der Waals surface area (Å²) in [4.78, 5) is 27.3. The Morgan fingerprint density at radius 3 is 2.55 bits per heavy atom. The molecule has 1 aliphatic rings. The number of aryl methyl sites for hydroxylation is 1. The zero-order valence-corrected chi connectivity index (χ0v) is 25.1. The van der Waals surface area contributed by atoms with Crippen LogP contribution in [0.5, 0.6) is 0 Å². The molecule has 0 aliphatic carbocycles. The molecule has 222 valence electrons. The van der Waals surface area contributed by atoms with E-state index in [1.807, 2.05) is 48.7 Å². The molecule has 3 heterocycles. The Hall–Kier alpha value is -4.68. The van der Waals surface area contributed by atoms with Crippen LogP contribution >= 0.6 is 23.1 Å². The molecule has 3 aromatic carbocycles. The quantitative estimate of drug-likeness (QED) is 0.193. The summed E-state index contributed by atoms with van der Waals surface area (Å²) in [6, 6.07) is 22.8. The molecule has 1 N–H and O–H groups in total. The van der Waals surface area contributed by atoms with Crippen molar-refractivity contribution in [2.24, 2.45) is 5.10 Å². The highest BCUT2D eigenvalue weighted by Crippen LogP contribution is 2.35. The Morgan fingerprint density at radius 2 is 1.80 bits per heavy atom. The number of hydrogen-bond acceptors (Lipinski definition) is 7. The van der Waals surface area contributed by atoms with Gasteiger partial charge in [-0.1, -0.05) is 48.2 Å². The lowest BCUT2D eigenvalue weighted by Gasteiger charge is -2.22. The van der Waals surface area contributed by atoms with Gasteiger partial charge in [0.15, 0.2) is 11.0 Å². The molecule has 44 heavy (non-hydrogen) atoms. The maximum Gasteiger partial charge on any atom is 0.253 e. The summed E-state index contributed by atoms with van der Waals surface area (Å²) >= 11 is 2.75. The zero-order chi connectivity index (χ0) is 30.6. The summed E-state index contributed by atoms with van der Waals surface area (Å²) in [6.45, 7) is 1.99. The minimum Gasteiger partial charge on any atom is -0.345 e. The molecule has 2 aromatic heterocycles. The SMILES string of the molecule is Cc1cccc(-n2c(CNC(=O)c3cccc(F)c3)nnc2SCC(=O)N2N=C(c3cccs3)CC2c2ccc(F)cc2)c1. The Labute approximate surface area is 260 Å². The first-order chi connectivity index (χ1) is 21.4. The number of carbonyl (C=O) groups excluding carboxylic acids is 2. The van der Waals surface area contributed by atoms with E-state index in [-0.39, 0.29) is 35.6 Å². The number of hydrogen-bond donors (Lipinski definition) is 1. The molecule has 1 unspecified atom stereocenters. The van der Waals surface area contributed by atoms with Crippen LogP contribution in [0.3, 0.4) is 0 Å². The molecule has 6 rings (SSSR count). The number of halogens is 2. The molecule has 1 atom stereocenters. The van der Waals surface area contributed by atoms with Crippen LogP contribution in [0, 0.1) is 18.6 Å². The lowest BCUT2D eigenvalue weighted by atomic mass is 10.0. The van der Waals surface area contributed by atoms with Crippen LogP contribution in [0.1, 0.15) is 44.6 Å². The highest BCUT2D eigenvalue weighted by Gasteiger charge is 2.33. The molecule has 0 fully saturated rings. The summed E-state index contributed by atoms with van der Waals surface area (Å²) in [7, 11) is 0. The smallest absolute Gasteiger partial charge is 0.253 e. The topological polar surface area (TPSA) is 92.5 Å². The van der Waals surface area contributed by atoms with E-state index < -0.39 is 11.7 Å². The summed E-state index contributed by atoms with van der Waals surface area (Å²) in [5.74, 6) is -1.09. The predicted molar refractivity (Wildman–Crippen MR) is 166 cm³/mol. The van der Waals surface area contributed by atoms with Crippen molar-refractivity contribution in [3.8, 4) is 5.69 Å². The van der Waals surface area contributed by atoms with Crippen molar-refractivity contribution in [3.63, 3.8) is 0 Å². The van der Waals surface area contributed by atoms with Crippen molar-refractivity contribution in [2.75, 3.05) is 5.75 Å². The second-order valence-corrected chi connectivity index (χ2v) is 12.0. The van der Waals surface area contributed by atoms with Crippen molar-refractivity contribution in [3.05, 3.63) is 129 Å². The maximum absolute atomic E-state index is 13.7. The molecule has 1 aliphatic heterocycles. The van der Waals surface area contributed by atoms with Crippen molar-refractivity contribution in [1.82, 2.24) is 25.1 Å². The molecule has 12 heteroatoms. The van der Waals surface area contributed by atoms with Crippen LogP contribution in [0.2, 0.25) is 0 Å². The van der Waals surface area contributed by atoms with E-state index in [9.17, 15) is 18.4 Å². The lowest BCUT2D eigenvalue weighted by molar-refractivity contribution is -0.130.